The fourth-order valence-electron chi connectivity index (χ4n) is 2.04. The molecule has 1 saturated heterocycles. The van der Waals surface area contributed by atoms with Gasteiger partial charge in [0.2, 0.25) is 0 Å². The quantitative estimate of drug-likeness (QED) is 0.687. The Kier molecular flexibility index (Phi) is 10.2. The summed E-state index contributed by atoms with van der Waals surface area (Å²) in [6, 6.07) is 0. The first-order valence-corrected chi connectivity index (χ1v) is 6.14. The zero-order valence-corrected chi connectivity index (χ0v) is 13.1. The van der Waals surface area contributed by atoms with Crippen LogP contribution in [0.15, 0.2) is 0 Å². The van der Waals surface area contributed by atoms with E-state index in [4.69, 9.17) is 0 Å². The molecule has 2 nitrogen and oxygen atoms in total. The van der Waals surface area contributed by atoms with E-state index in [1.165, 1.54) is 32.2 Å². The van der Waals surface area contributed by atoms with Crippen molar-refractivity contribution >= 4 is 0 Å². The Hall–Kier alpha value is 0.608. The number of nitrogens with one attached hydrogen (secondary N) is 1. The van der Waals surface area contributed by atoms with Crippen LogP contribution in [0.5, 0.6) is 0 Å². The summed E-state index contributed by atoms with van der Waals surface area (Å²) in [5.41, 5.74) is 0. The van der Waals surface area contributed by atoms with Crippen molar-refractivity contribution in [1.82, 2.24) is 5.32 Å². The molecule has 3 heteroatoms. The molecule has 0 amide bonds. The van der Waals surface area contributed by atoms with Gasteiger partial charge in [0, 0.05) is 21.1 Å². The van der Waals surface area contributed by atoms with Gasteiger partial charge in [-0.25, -0.2) is 0 Å². The first-order valence-electron chi connectivity index (χ1n) is 6.14. The van der Waals surface area contributed by atoms with E-state index in [1.807, 2.05) is 0 Å². The third kappa shape index (κ3) is 7.49. The van der Waals surface area contributed by atoms with Gasteiger partial charge in [0.25, 0.3) is 0 Å². The second-order valence-corrected chi connectivity index (χ2v) is 4.66. The van der Waals surface area contributed by atoms with E-state index in [1.54, 1.807) is 0 Å². The van der Waals surface area contributed by atoms with Gasteiger partial charge >= 0.3 is 0 Å². The second kappa shape index (κ2) is 9.81. The van der Waals surface area contributed by atoms with Gasteiger partial charge in [0.1, 0.15) is 0 Å². The summed E-state index contributed by atoms with van der Waals surface area (Å²) in [6.07, 6.45) is 5.35. The molecule has 1 N–H and O–H groups in total. The average Bonchev–Trinajstić information content (AvgIpc) is 2.18. The Bertz CT molecular complexity index is 126. The van der Waals surface area contributed by atoms with Crippen LogP contribution >= 0.6 is 0 Å². The summed E-state index contributed by atoms with van der Waals surface area (Å²) in [5, 5.41) is 7.95. The standard InChI is InChI=1S/C12H25N2.W/c1-11-5-3-7-13-9-10-14-8-4-6-12(11)2;/h11-13H,3-10H2,1-2H3;/q-1;. The summed E-state index contributed by atoms with van der Waals surface area (Å²) < 4.78 is 0. The van der Waals surface area contributed by atoms with Gasteiger partial charge < -0.3 is 10.6 Å². The number of hydrogen-bond donors (Lipinski definition) is 1. The molecule has 1 rings (SSSR count). The molecule has 2 unspecified atom stereocenters. The van der Waals surface area contributed by atoms with Crippen molar-refractivity contribution in [3.05, 3.63) is 5.32 Å². The summed E-state index contributed by atoms with van der Waals surface area (Å²) in [6.45, 7) is 9.11. The number of hydrogen-bond acceptors (Lipinski definition) is 1. The van der Waals surface area contributed by atoms with E-state index < -0.39 is 0 Å². The zero-order chi connectivity index (χ0) is 10.2. The average molecular weight is 381 g/mol. The molecular formula is C12H25N2W-. The predicted octanol–water partition coefficient (Wildman–Crippen LogP) is 2.79. The molecule has 0 radical (unpaired) electrons. The molecule has 0 aromatic rings. The molecule has 0 aliphatic carbocycles. The molecule has 1 fully saturated rings. The number of nitrogens with zero attached hydrogens (tertiary/aromatic N) is 1. The molecule has 0 bridgehead atoms. The fraction of sp³-hybridized carbons (Fsp3) is 1.00. The molecule has 15 heavy (non-hydrogen) atoms. The van der Waals surface area contributed by atoms with Crippen molar-refractivity contribution in [1.29, 1.82) is 0 Å². The maximum Gasteiger partial charge on any atom is 0 e. The summed E-state index contributed by atoms with van der Waals surface area (Å²) in [7, 11) is 0. The first-order chi connectivity index (χ1) is 6.80. The smallest absolute Gasteiger partial charge is 0 e. The van der Waals surface area contributed by atoms with Crippen LogP contribution in [0.2, 0.25) is 0 Å². The Balaban J connectivity index is 0.00000196. The van der Waals surface area contributed by atoms with Gasteiger partial charge in [-0.3, -0.25) is 0 Å². The van der Waals surface area contributed by atoms with Crippen molar-refractivity contribution in [2.75, 3.05) is 26.2 Å². The van der Waals surface area contributed by atoms with Crippen LogP contribution in [0.25, 0.3) is 5.32 Å². The largest absolute Gasteiger partial charge is 0.661 e. The molecule has 1 heterocycles. The molecule has 2 atom stereocenters. The van der Waals surface area contributed by atoms with Crippen LogP contribution in [0.1, 0.15) is 39.5 Å². The van der Waals surface area contributed by atoms with Crippen LogP contribution in [0, 0.1) is 11.8 Å². The zero-order valence-electron chi connectivity index (χ0n) is 10.2. The number of rotatable bonds is 0. The van der Waals surface area contributed by atoms with E-state index in [0.29, 0.717) is 0 Å². The molecule has 0 spiro atoms. The monoisotopic (exact) mass is 381 g/mol. The van der Waals surface area contributed by atoms with Gasteiger partial charge in [-0.15, -0.1) is 13.1 Å². The van der Waals surface area contributed by atoms with Gasteiger partial charge in [0.15, 0.2) is 0 Å². The van der Waals surface area contributed by atoms with Crippen molar-refractivity contribution in [3.63, 3.8) is 0 Å². The van der Waals surface area contributed by atoms with Crippen LogP contribution < -0.4 is 5.32 Å². The van der Waals surface area contributed by atoms with E-state index in [-0.39, 0.29) is 21.1 Å². The first kappa shape index (κ1) is 15.6. The van der Waals surface area contributed by atoms with E-state index in [9.17, 15) is 0 Å². The van der Waals surface area contributed by atoms with Crippen molar-refractivity contribution in [3.8, 4) is 0 Å². The van der Waals surface area contributed by atoms with Crippen molar-refractivity contribution < 1.29 is 21.1 Å². The van der Waals surface area contributed by atoms with E-state index >= 15 is 0 Å². The van der Waals surface area contributed by atoms with Crippen molar-refractivity contribution in [2.24, 2.45) is 11.8 Å². The third-order valence-electron chi connectivity index (χ3n) is 3.41. The fourth-order valence-corrected chi connectivity index (χ4v) is 2.04. The minimum absolute atomic E-state index is 0. The Morgan fingerprint density at radius 3 is 2.33 bits per heavy atom. The summed E-state index contributed by atoms with van der Waals surface area (Å²) in [5.74, 6) is 1.76. The van der Waals surface area contributed by atoms with Gasteiger partial charge in [-0.1, -0.05) is 26.7 Å². The van der Waals surface area contributed by atoms with Gasteiger partial charge in [0.05, 0.1) is 0 Å². The molecule has 90 valence electrons. The van der Waals surface area contributed by atoms with Crippen LogP contribution in [0.4, 0.5) is 0 Å². The summed E-state index contributed by atoms with van der Waals surface area (Å²) >= 11 is 0. The Morgan fingerprint density at radius 2 is 1.60 bits per heavy atom. The summed E-state index contributed by atoms with van der Waals surface area (Å²) in [4.78, 5) is 0. The normalized spacial score (nSPS) is 30.8. The predicted molar refractivity (Wildman–Crippen MR) is 62.8 cm³/mol. The molecule has 0 aromatic heterocycles. The SMILES string of the molecule is CC1CCC[N-]CCNCCCC1C.[W]. The molecule has 1 aliphatic heterocycles. The molecular weight excluding hydrogens is 356 g/mol. The van der Waals surface area contributed by atoms with Crippen LogP contribution in [-0.2, 0) is 21.1 Å². The van der Waals surface area contributed by atoms with Gasteiger partial charge in [-0.2, -0.15) is 0 Å². The Morgan fingerprint density at radius 1 is 0.933 bits per heavy atom. The second-order valence-electron chi connectivity index (χ2n) is 4.66. The molecule has 0 saturated carbocycles. The topological polar surface area (TPSA) is 26.1 Å². The minimum atomic E-state index is 0. The minimum Gasteiger partial charge on any atom is -0.661 e. The molecule has 1 aliphatic rings. The van der Waals surface area contributed by atoms with Crippen LogP contribution in [-0.4, -0.2) is 26.2 Å². The third-order valence-corrected chi connectivity index (χ3v) is 3.41. The Labute approximate surface area is 109 Å². The maximum absolute atomic E-state index is 4.50. The van der Waals surface area contributed by atoms with E-state index in [2.05, 4.69) is 24.5 Å². The van der Waals surface area contributed by atoms with E-state index in [0.717, 1.165) is 31.5 Å². The molecule has 0 aromatic carbocycles. The van der Waals surface area contributed by atoms with Crippen LogP contribution in [0.3, 0.4) is 0 Å². The van der Waals surface area contributed by atoms with Gasteiger partial charge in [-0.05, 0) is 37.8 Å². The maximum atomic E-state index is 4.50. The van der Waals surface area contributed by atoms with Crippen molar-refractivity contribution in [2.45, 2.75) is 39.5 Å².